The Bertz CT molecular complexity index is 256. The number of hydrogen-bond donors (Lipinski definition) is 0. The highest BCUT2D eigenvalue weighted by Crippen LogP contribution is 2.07. The fourth-order valence-electron chi connectivity index (χ4n) is 0.844. The van der Waals surface area contributed by atoms with Crippen molar-refractivity contribution in [2.45, 2.75) is 26.3 Å². The van der Waals surface area contributed by atoms with E-state index in [9.17, 15) is 14.4 Å². The number of nitrogens with one attached hydrogen (secondary N) is 1. The number of rotatable bonds is 6. The number of carbonyl (C=O) groups is 3. The SMILES string of the molecule is CC(=O)OCC([NH])(COC(C)=O)COC(C)=O. The quantitative estimate of drug-likeness (QED) is 0.470. The van der Waals surface area contributed by atoms with Crippen LogP contribution in [0.3, 0.4) is 0 Å². The maximum absolute atomic E-state index is 10.6. The van der Waals surface area contributed by atoms with E-state index in [4.69, 9.17) is 5.73 Å². The Morgan fingerprint density at radius 3 is 1.24 bits per heavy atom. The van der Waals surface area contributed by atoms with E-state index in [1.807, 2.05) is 0 Å². The minimum Gasteiger partial charge on any atom is -0.464 e. The third-order valence-corrected chi connectivity index (χ3v) is 1.66. The second kappa shape index (κ2) is 6.85. The first-order valence-corrected chi connectivity index (χ1v) is 4.90. The topological polar surface area (TPSA) is 103 Å². The molecule has 1 radical (unpaired) electrons. The Kier molecular flexibility index (Phi) is 6.19. The summed E-state index contributed by atoms with van der Waals surface area (Å²) < 4.78 is 14.0. The van der Waals surface area contributed by atoms with Crippen molar-refractivity contribution in [3.8, 4) is 0 Å². The molecule has 0 aliphatic rings. The summed E-state index contributed by atoms with van der Waals surface area (Å²) in [5.74, 6) is -1.69. The first kappa shape index (κ1) is 15.4. The van der Waals surface area contributed by atoms with Crippen LogP contribution >= 0.6 is 0 Å². The highest BCUT2D eigenvalue weighted by atomic mass is 16.6. The molecule has 0 saturated heterocycles. The van der Waals surface area contributed by atoms with Crippen LogP contribution < -0.4 is 5.73 Å². The monoisotopic (exact) mass is 246 g/mol. The molecule has 0 unspecified atom stereocenters. The van der Waals surface area contributed by atoms with Crippen molar-refractivity contribution in [3.05, 3.63) is 0 Å². The number of carbonyl (C=O) groups excluding carboxylic acids is 3. The van der Waals surface area contributed by atoms with Crippen molar-refractivity contribution in [2.24, 2.45) is 0 Å². The zero-order valence-electron chi connectivity index (χ0n) is 10.1. The summed E-state index contributed by atoms with van der Waals surface area (Å²) in [6, 6.07) is 0. The van der Waals surface area contributed by atoms with Crippen LogP contribution in [0.4, 0.5) is 0 Å². The zero-order valence-corrected chi connectivity index (χ0v) is 10.1. The third-order valence-electron chi connectivity index (χ3n) is 1.66. The highest BCUT2D eigenvalue weighted by molar-refractivity contribution is 5.67. The van der Waals surface area contributed by atoms with Crippen molar-refractivity contribution in [3.63, 3.8) is 0 Å². The molecule has 0 fully saturated rings. The molecule has 0 aliphatic carbocycles. The molecule has 0 aliphatic heterocycles. The number of ether oxygens (including phenoxy) is 3. The second-order valence-corrected chi connectivity index (χ2v) is 3.62. The van der Waals surface area contributed by atoms with Gasteiger partial charge in [0.05, 0.1) is 0 Å². The van der Waals surface area contributed by atoms with Crippen molar-refractivity contribution in [2.75, 3.05) is 19.8 Å². The predicted molar refractivity (Wildman–Crippen MR) is 55.7 cm³/mol. The second-order valence-electron chi connectivity index (χ2n) is 3.62. The van der Waals surface area contributed by atoms with Gasteiger partial charge in [-0.1, -0.05) is 0 Å². The van der Waals surface area contributed by atoms with E-state index in [0.29, 0.717) is 0 Å². The average molecular weight is 246 g/mol. The molecule has 7 nitrogen and oxygen atoms in total. The molecule has 97 valence electrons. The van der Waals surface area contributed by atoms with Gasteiger partial charge in [0.2, 0.25) is 0 Å². The van der Waals surface area contributed by atoms with Gasteiger partial charge in [0.15, 0.2) is 0 Å². The van der Waals surface area contributed by atoms with Crippen LogP contribution in [0, 0.1) is 0 Å². The minimum absolute atomic E-state index is 0.317. The fourth-order valence-corrected chi connectivity index (χ4v) is 0.844. The van der Waals surface area contributed by atoms with Crippen molar-refractivity contribution in [1.82, 2.24) is 5.73 Å². The Morgan fingerprint density at radius 2 is 1.06 bits per heavy atom. The van der Waals surface area contributed by atoms with Crippen molar-refractivity contribution < 1.29 is 28.6 Å². The van der Waals surface area contributed by atoms with Gasteiger partial charge in [-0.3, -0.25) is 14.4 Å². The molecule has 0 rings (SSSR count). The molecular formula is C10H16NO6. The summed E-state index contributed by atoms with van der Waals surface area (Å²) in [6.07, 6.45) is 0. The summed E-state index contributed by atoms with van der Waals surface area (Å²) in [4.78, 5) is 31.9. The lowest BCUT2D eigenvalue weighted by atomic mass is 10.1. The van der Waals surface area contributed by atoms with Gasteiger partial charge in [0.1, 0.15) is 25.4 Å². The van der Waals surface area contributed by atoms with E-state index in [-0.39, 0.29) is 19.8 Å². The molecule has 0 bridgehead atoms. The zero-order chi connectivity index (χ0) is 13.5. The van der Waals surface area contributed by atoms with E-state index < -0.39 is 23.4 Å². The Labute approximate surface area is 99.2 Å². The van der Waals surface area contributed by atoms with Gasteiger partial charge in [-0.15, -0.1) is 0 Å². The van der Waals surface area contributed by atoms with Gasteiger partial charge >= 0.3 is 17.9 Å². The normalized spacial score (nSPS) is 10.6. The van der Waals surface area contributed by atoms with Crippen LogP contribution in [-0.4, -0.2) is 43.3 Å². The maximum atomic E-state index is 10.6. The average Bonchev–Trinajstić information content (AvgIpc) is 2.21. The van der Waals surface area contributed by atoms with Crippen molar-refractivity contribution >= 4 is 17.9 Å². The standard InChI is InChI=1S/C10H16NO6/c1-7(12)15-4-10(11,5-16-8(2)13)6-17-9(3)14/h11H,4-6H2,1-3H3. The predicted octanol–water partition coefficient (Wildman–Crippen LogP) is -0.303. The van der Waals surface area contributed by atoms with Gasteiger partial charge in [-0.05, 0) is 0 Å². The highest BCUT2D eigenvalue weighted by Gasteiger charge is 2.31. The number of hydrogen-bond acceptors (Lipinski definition) is 6. The molecule has 0 aromatic heterocycles. The Hall–Kier alpha value is -1.63. The first-order valence-electron chi connectivity index (χ1n) is 4.90. The fraction of sp³-hybridized carbons (Fsp3) is 0.700. The van der Waals surface area contributed by atoms with Gasteiger partial charge in [-0.25, -0.2) is 5.73 Å². The van der Waals surface area contributed by atoms with E-state index in [1.54, 1.807) is 0 Å². The largest absolute Gasteiger partial charge is 0.464 e. The van der Waals surface area contributed by atoms with Crippen LogP contribution in [0.1, 0.15) is 20.8 Å². The lowest BCUT2D eigenvalue weighted by molar-refractivity contribution is -0.152. The molecule has 0 saturated carbocycles. The van der Waals surface area contributed by atoms with Crippen LogP contribution in [0.2, 0.25) is 0 Å². The number of esters is 3. The van der Waals surface area contributed by atoms with Gasteiger partial charge in [0.25, 0.3) is 0 Å². The first-order chi connectivity index (χ1) is 7.75. The van der Waals surface area contributed by atoms with E-state index >= 15 is 0 Å². The molecule has 17 heavy (non-hydrogen) atoms. The van der Waals surface area contributed by atoms with Gasteiger partial charge < -0.3 is 14.2 Å². The molecule has 0 heterocycles. The summed E-state index contributed by atoms with van der Waals surface area (Å²) in [7, 11) is 0. The summed E-state index contributed by atoms with van der Waals surface area (Å²) in [5, 5.41) is 0. The molecular weight excluding hydrogens is 230 g/mol. The van der Waals surface area contributed by atoms with Gasteiger partial charge in [-0.2, -0.15) is 0 Å². The molecule has 7 heteroatoms. The van der Waals surface area contributed by atoms with Crippen LogP contribution in [0.25, 0.3) is 0 Å². The molecule has 0 aromatic carbocycles. The van der Waals surface area contributed by atoms with Crippen LogP contribution in [0.15, 0.2) is 0 Å². The van der Waals surface area contributed by atoms with Crippen LogP contribution in [0.5, 0.6) is 0 Å². The molecule has 0 spiro atoms. The Balaban J connectivity index is 4.37. The smallest absolute Gasteiger partial charge is 0.302 e. The van der Waals surface area contributed by atoms with Gasteiger partial charge in [0, 0.05) is 20.8 Å². The Morgan fingerprint density at radius 1 is 0.824 bits per heavy atom. The molecule has 0 amide bonds. The van der Waals surface area contributed by atoms with E-state index in [1.165, 1.54) is 20.8 Å². The molecule has 0 aromatic rings. The van der Waals surface area contributed by atoms with E-state index in [0.717, 1.165) is 0 Å². The molecule has 1 N–H and O–H groups in total. The summed E-state index contributed by atoms with van der Waals surface area (Å²) >= 11 is 0. The maximum Gasteiger partial charge on any atom is 0.302 e. The van der Waals surface area contributed by atoms with E-state index in [2.05, 4.69) is 14.2 Å². The molecule has 0 atom stereocenters. The van der Waals surface area contributed by atoms with Crippen molar-refractivity contribution in [1.29, 1.82) is 0 Å². The lowest BCUT2D eigenvalue weighted by Gasteiger charge is -2.26. The summed E-state index contributed by atoms with van der Waals surface area (Å²) in [6.45, 7) is 2.63. The third kappa shape index (κ3) is 8.21. The lowest BCUT2D eigenvalue weighted by Crippen LogP contribution is -2.47. The van der Waals surface area contributed by atoms with Crippen LogP contribution in [-0.2, 0) is 28.6 Å². The minimum atomic E-state index is -1.48. The summed E-state index contributed by atoms with van der Waals surface area (Å²) in [5.41, 5.74) is 6.39.